The minimum absolute atomic E-state index is 0.180. The Morgan fingerprint density at radius 3 is 2.92 bits per heavy atom. The summed E-state index contributed by atoms with van der Waals surface area (Å²) >= 11 is 0. The van der Waals surface area contributed by atoms with Crippen LogP contribution in [-0.2, 0) is 13.2 Å². The van der Waals surface area contributed by atoms with E-state index in [-0.39, 0.29) is 23.9 Å². The Kier molecular flexibility index (Phi) is 3.73. The Balaban J connectivity index is 1.77. The standard InChI is InChI=1S/C17H14FN5O2/c18-12-2-1-10(9-24)7-11(12)16-19-4-3-13(21-16)14-8-15-17(25)20-5-6-23(15)22-14/h1-4,7-8,24H,5-6,9H2,(H,20,25). The number of carbonyl (C=O) groups excluding carboxylic acids is 1. The Hall–Kier alpha value is -3.13. The average Bonchev–Trinajstić information content (AvgIpc) is 3.08. The minimum atomic E-state index is -0.474. The van der Waals surface area contributed by atoms with E-state index in [1.807, 2.05) is 0 Å². The third-order valence-corrected chi connectivity index (χ3v) is 3.99. The van der Waals surface area contributed by atoms with Crippen molar-refractivity contribution < 1.29 is 14.3 Å². The minimum Gasteiger partial charge on any atom is -0.392 e. The molecule has 0 unspecified atom stereocenters. The molecular formula is C17H14FN5O2. The lowest BCUT2D eigenvalue weighted by Gasteiger charge is -2.13. The van der Waals surface area contributed by atoms with E-state index in [0.717, 1.165) is 0 Å². The lowest BCUT2D eigenvalue weighted by Crippen LogP contribution is -2.35. The molecule has 0 atom stereocenters. The maximum atomic E-state index is 14.1. The summed E-state index contributed by atoms with van der Waals surface area (Å²) in [5, 5.41) is 16.4. The molecule has 2 N–H and O–H groups in total. The second-order valence-electron chi connectivity index (χ2n) is 5.63. The summed E-state index contributed by atoms with van der Waals surface area (Å²) in [5.74, 6) is -0.459. The second-order valence-corrected chi connectivity index (χ2v) is 5.63. The van der Waals surface area contributed by atoms with Crippen LogP contribution < -0.4 is 5.32 Å². The third-order valence-electron chi connectivity index (χ3n) is 3.99. The van der Waals surface area contributed by atoms with Gasteiger partial charge >= 0.3 is 0 Å². The quantitative estimate of drug-likeness (QED) is 0.752. The number of hydrogen-bond donors (Lipinski definition) is 2. The normalized spacial score (nSPS) is 13.4. The van der Waals surface area contributed by atoms with E-state index in [2.05, 4.69) is 20.4 Å². The van der Waals surface area contributed by atoms with E-state index in [0.29, 0.717) is 35.7 Å². The first kappa shape index (κ1) is 15.4. The second kappa shape index (κ2) is 6.06. The predicted octanol–water partition coefficient (Wildman–Crippen LogP) is 1.38. The number of carbonyl (C=O) groups is 1. The fourth-order valence-electron chi connectivity index (χ4n) is 2.73. The molecule has 0 saturated heterocycles. The lowest BCUT2D eigenvalue weighted by molar-refractivity contribution is 0.0924. The fourth-order valence-corrected chi connectivity index (χ4v) is 2.73. The maximum absolute atomic E-state index is 14.1. The zero-order valence-electron chi connectivity index (χ0n) is 13.1. The lowest BCUT2D eigenvalue weighted by atomic mass is 10.1. The molecule has 126 valence electrons. The van der Waals surface area contributed by atoms with Crippen molar-refractivity contribution in [2.75, 3.05) is 6.54 Å². The van der Waals surface area contributed by atoms with Crippen LogP contribution >= 0.6 is 0 Å². The van der Waals surface area contributed by atoms with Crippen LogP contribution in [0.1, 0.15) is 16.1 Å². The molecule has 7 nitrogen and oxygen atoms in total. The molecule has 3 heterocycles. The number of amides is 1. The van der Waals surface area contributed by atoms with Crippen LogP contribution in [0.15, 0.2) is 36.5 Å². The van der Waals surface area contributed by atoms with Crippen LogP contribution in [0, 0.1) is 5.82 Å². The largest absolute Gasteiger partial charge is 0.392 e. The van der Waals surface area contributed by atoms with Crippen LogP contribution in [0.4, 0.5) is 4.39 Å². The molecule has 0 aliphatic carbocycles. The van der Waals surface area contributed by atoms with Crippen molar-refractivity contribution >= 4 is 5.91 Å². The Morgan fingerprint density at radius 2 is 2.12 bits per heavy atom. The molecule has 2 aromatic heterocycles. The van der Waals surface area contributed by atoms with E-state index in [1.165, 1.54) is 24.4 Å². The first-order chi connectivity index (χ1) is 12.2. The average molecular weight is 339 g/mol. The number of fused-ring (bicyclic) bond motifs is 1. The summed E-state index contributed by atoms with van der Waals surface area (Å²) in [6.45, 7) is 0.920. The van der Waals surface area contributed by atoms with Gasteiger partial charge in [-0.15, -0.1) is 0 Å². The van der Waals surface area contributed by atoms with Crippen molar-refractivity contribution in [2.45, 2.75) is 13.2 Å². The van der Waals surface area contributed by atoms with Gasteiger partial charge in [-0.05, 0) is 29.8 Å². The van der Waals surface area contributed by atoms with Crippen molar-refractivity contribution in [3.8, 4) is 22.8 Å². The molecule has 8 heteroatoms. The summed E-state index contributed by atoms with van der Waals surface area (Å²) in [5.41, 5.74) is 2.26. The van der Waals surface area contributed by atoms with E-state index in [9.17, 15) is 14.3 Å². The van der Waals surface area contributed by atoms with Gasteiger partial charge in [0.25, 0.3) is 5.91 Å². The number of hydrogen-bond acceptors (Lipinski definition) is 5. The molecule has 0 spiro atoms. The molecule has 1 aliphatic heterocycles. The van der Waals surface area contributed by atoms with E-state index >= 15 is 0 Å². The van der Waals surface area contributed by atoms with Gasteiger partial charge in [-0.3, -0.25) is 9.48 Å². The number of nitrogens with zero attached hydrogens (tertiary/aromatic N) is 4. The number of nitrogens with one attached hydrogen (secondary N) is 1. The number of aromatic nitrogens is 4. The number of aliphatic hydroxyl groups is 1. The van der Waals surface area contributed by atoms with Gasteiger partial charge in [0.1, 0.15) is 17.2 Å². The van der Waals surface area contributed by atoms with Crippen molar-refractivity contribution in [2.24, 2.45) is 0 Å². The van der Waals surface area contributed by atoms with Crippen molar-refractivity contribution in [1.82, 2.24) is 25.1 Å². The number of benzene rings is 1. The zero-order valence-corrected chi connectivity index (χ0v) is 13.1. The Morgan fingerprint density at radius 1 is 1.24 bits per heavy atom. The van der Waals surface area contributed by atoms with Gasteiger partial charge in [0, 0.05) is 12.7 Å². The van der Waals surface area contributed by atoms with Crippen LogP contribution in [0.3, 0.4) is 0 Å². The molecule has 4 rings (SSSR count). The third kappa shape index (κ3) is 2.76. The van der Waals surface area contributed by atoms with Gasteiger partial charge in [0.2, 0.25) is 0 Å². The van der Waals surface area contributed by atoms with Gasteiger partial charge in [-0.25, -0.2) is 14.4 Å². The number of aliphatic hydroxyl groups excluding tert-OH is 1. The Labute approximate surface area is 142 Å². The molecule has 1 aromatic carbocycles. The maximum Gasteiger partial charge on any atom is 0.269 e. The summed E-state index contributed by atoms with van der Waals surface area (Å²) in [4.78, 5) is 20.4. The SMILES string of the molecule is O=C1NCCn2nc(-c3ccnc(-c4cc(CO)ccc4F)n3)cc21. The highest BCUT2D eigenvalue weighted by Gasteiger charge is 2.20. The molecule has 3 aromatic rings. The summed E-state index contributed by atoms with van der Waals surface area (Å²) in [6.07, 6.45) is 1.52. The molecule has 0 radical (unpaired) electrons. The smallest absolute Gasteiger partial charge is 0.269 e. The van der Waals surface area contributed by atoms with Crippen molar-refractivity contribution in [3.05, 3.63) is 53.6 Å². The fraction of sp³-hybridized carbons (Fsp3) is 0.176. The first-order valence-electron chi connectivity index (χ1n) is 7.75. The molecule has 1 amide bonds. The van der Waals surface area contributed by atoms with Gasteiger partial charge < -0.3 is 10.4 Å². The number of halogens is 1. The zero-order chi connectivity index (χ0) is 17.4. The van der Waals surface area contributed by atoms with Crippen LogP contribution in [0.5, 0.6) is 0 Å². The molecule has 1 aliphatic rings. The summed E-state index contributed by atoms with van der Waals surface area (Å²) in [7, 11) is 0. The number of rotatable bonds is 3. The topological polar surface area (TPSA) is 92.9 Å². The van der Waals surface area contributed by atoms with Crippen LogP contribution in [-0.4, -0.2) is 37.3 Å². The molecule has 0 fully saturated rings. The van der Waals surface area contributed by atoms with Gasteiger partial charge in [0.15, 0.2) is 5.82 Å². The highest BCUT2D eigenvalue weighted by Crippen LogP contribution is 2.24. The van der Waals surface area contributed by atoms with Gasteiger partial charge in [-0.2, -0.15) is 5.10 Å². The molecule has 0 saturated carbocycles. The van der Waals surface area contributed by atoms with E-state index in [4.69, 9.17) is 0 Å². The van der Waals surface area contributed by atoms with Crippen LogP contribution in [0.25, 0.3) is 22.8 Å². The summed E-state index contributed by atoms with van der Waals surface area (Å²) < 4.78 is 15.8. The van der Waals surface area contributed by atoms with Gasteiger partial charge in [0.05, 0.1) is 24.4 Å². The summed E-state index contributed by atoms with van der Waals surface area (Å²) in [6, 6.07) is 7.60. The van der Waals surface area contributed by atoms with Crippen LogP contribution in [0.2, 0.25) is 0 Å². The van der Waals surface area contributed by atoms with E-state index < -0.39 is 5.82 Å². The monoisotopic (exact) mass is 339 g/mol. The van der Waals surface area contributed by atoms with Crippen molar-refractivity contribution in [1.29, 1.82) is 0 Å². The Bertz CT molecular complexity index is 969. The predicted molar refractivity (Wildman–Crippen MR) is 86.9 cm³/mol. The van der Waals surface area contributed by atoms with E-state index in [1.54, 1.807) is 16.8 Å². The highest BCUT2D eigenvalue weighted by molar-refractivity contribution is 5.94. The molecule has 0 bridgehead atoms. The van der Waals surface area contributed by atoms with Crippen molar-refractivity contribution in [3.63, 3.8) is 0 Å². The molecular weight excluding hydrogens is 325 g/mol. The highest BCUT2D eigenvalue weighted by atomic mass is 19.1. The van der Waals surface area contributed by atoms with Gasteiger partial charge in [-0.1, -0.05) is 6.07 Å². The first-order valence-corrected chi connectivity index (χ1v) is 7.75. The molecule has 25 heavy (non-hydrogen) atoms.